The average Bonchev–Trinajstić information content (AvgIpc) is 2.56. The van der Waals surface area contributed by atoms with Crippen molar-refractivity contribution in [3.8, 4) is 0 Å². The summed E-state index contributed by atoms with van der Waals surface area (Å²) in [6.07, 6.45) is 2.53. The lowest BCUT2D eigenvalue weighted by Gasteiger charge is -2.32. The highest BCUT2D eigenvalue weighted by molar-refractivity contribution is 5.94. The molecule has 4 nitrogen and oxygen atoms in total. The minimum Gasteiger partial charge on any atom is -0.372 e. The van der Waals surface area contributed by atoms with Gasteiger partial charge in [0.25, 0.3) is 5.91 Å². The van der Waals surface area contributed by atoms with Crippen LogP contribution in [0.15, 0.2) is 24.3 Å². The topological polar surface area (TPSA) is 35.6 Å². The number of nitrogens with zero attached hydrogens (tertiary/aromatic N) is 2. The fourth-order valence-corrected chi connectivity index (χ4v) is 3.13. The van der Waals surface area contributed by atoms with Crippen LogP contribution in [0.2, 0.25) is 0 Å². The number of halogens is 1. The van der Waals surface area contributed by atoms with Gasteiger partial charge >= 0.3 is 0 Å². The summed E-state index contributed by atoms with van der Waals surface area (Å²) in [5.41, 5.74) is 2.06. The zero-order valence-corrected chi connectivity index (χ0v) is 14.1. The van der Waals surface area contributed by atoms with Crippen LogP contribution in [0.4, 0.5) is 5.69 Å². The first kappa shape index (κ1) is 17.1. The Morgan fingerprint density at radius 3 is 2.23 bits per heavy atom. The summed E-state index contributed by atoms with van der Waals surface area (Å²) in [5, 5.41) is 3.28. The van der Waals surface area contributed by atoms with Gasteiger partial charge in [-0.25, -0.2) is 0 Å². The van der Waals surface area contributed by atoms with Gasteiger partial charge in [0, 0.05) is 50.5 Å². The molecule has 0 radical (unpaired) electrons. The lowest BCUT2D eigenvalue weighted by molar-refractivity contribution is 0.0736. The summed E-state index contributed by atoms with van der Waals surface area (Å²) in [7, 11) is 0. The van der Waals surface area contributed by atoms with Crippen LogP contribution in [0.3, 0.4) is 0 Å². The number of nitrogens with one attached hydrogen (secondary N) is 1. The van der Waals surface area contributed by atoms with Crippen LogP contribution in [0.1, 0.15) is 30.1 Å². The molecular formula is C17H26ClN3O. The molecule has 0 spiro atoms. The number of amides is 1. The summed E-state index contributed by atoms with van der Waals surface area (Å²) in [6.45, 7) is 8.01. The highest BCUT2D eigenvalue weighted by Crippen LogP contribution is 2.23. The van der Waals surface area contributed by atoms with Crippen LogP contribution < -0.4 is 10.2 Å². The normalized spacial score (nSPS) is 19.7. The van der Waals surface area contributed by atoms with E-state index in [9.17, 15) is 4.79 Å². The van der Waals surface area contributed by atoms with Gasteiger partial charge in [0.05, 0.1) is 0 Å². The third-order valence-electron chi connectivity index (χ3n) is 4.67. The zero-order valence-electron chi connectivity index (χ0n) is 13.3. The number of anilines is 1. The molecule has 122 valence electrons. The van der Waals surface area contributed by atoms with Gasteiger partial charge < -0.3 is 15.1 Å². The molecule has 0 atom stereocenters. The lowest BCUT2D eigenvalue weighted by Crippen LogP contribution is -2.46. The van der Waals surface area contributed by atoms with Crippen molar-refractivity contribution in [3.63, 3.8) is 0 Å². The first-order valence-corrected chi connectivity index (χ1v) is 8.09. The molecule has 2 heterocycles. The summed E-state index contributed by atoms with van der Waals surface area (Å²) >= 11 is 0. The van der Waals surface area contributed by atoms with Gasteiger partial charge in [-0.2, -0.15) is 0 Å². The number of rotatable bonds is 2. The molecule has 5 heteroatoms. The van der Waals surface area contributed by atoms with Crippen LogP contribution in [-0.4, -0.2) is 50.1 Å². The Bertz CT molecular complexity index is 477. The van der Waals surface area contributed by atoms with Gasteiger partial charge in [-0.3, -0.25) is 4.79 Å². The van der Waals surface area contributed by atoms with Crippen molar-refractivity contribution < 1.29 is 4.79 Å². The third-order valence-corrected chi connectivity index (χ3v) is 4.67. The Kier molecular flexibility index (Phi) is 6.09. The molecule has 1 aromatic rings. The van der Waals surface area contributed by atoms with Gasteiger partial charge in [0.15, 0.2) is 0 Å². The summed E-state index contributed by atoms with van der Waals surface area (Å²) in [4.78, 5) is 16.8. The predicted molar refractivity (Wildman–Crippen MR) is 93.1 cm³/mol. The average molecular weight is 324 g/mol. The van der Waals surface area contributed by atoms with Crippen molar-refractivity contribution in [1.29, 1.82) is 0 Å². The lowest BCUT2D eigenvalue weighted by atomic mass is 9.98. The zero-order chi connectivity index (χ0) is 14.7. The molecule has 2 aliphatic heterocycles. The van der Waals surface area contributed by atoms with Gasteiger partial charge in [0.2, 0.25) is 0 Å². The van der Waals surface area contributed by atoms with Crippen LogP contribution in [0, 0.1) is 5.92 Å². The van der Waals surface area contributed by atoms with E-state index in [0.29, 0.717) is 0 Å². The number of benzene rings is 1. The van der Waals surface area contributed by atoms with E-state index in [2.05, 4.69) is 29.3 Å². The second kappa shape index (κ2) is 7.84. The highest BCUT2D eigenvalue weighted by Gasteiger charge is 2.19. The first-order chi connectivity index (χ1) is 10.2. The minimum atomic E-state index is 0. The number of hydrogen-bond donors (Lipinski definition) is 1. The molecule has 1 aromatic carbocycles. The van der Waals surface area contributed by atoms with Crippen molar-refractivity contribution in [1.82, 2.24) is 10.2 Å². The molecule has 2 saturated heterocycles. The van der Waals surface area contributed by atoms with Crippen LogP contribution in [0.5, 0.6) is 0 Å². The monoisotopic (exact) mass is 323 g/mol. The highest BCUT2D eigenvalue weighted by atomic mass is 35.5. The Balaban J connectivity index is 0.00000176. The van der Waals surface area contributed by atoms with E-state index in [1.807, 2.05) is 17.0 Å². The summed E-state index contributed by atoms with van der Waals surface area (Å²) in [6, 6.07) is 8.17. The molecule has 0 saturated carbocycles. The number of carbonyl (C=O) groups is 1. The van der Waals surface area contributed by atoms with Gasteiger partial charge in [-0.05, 0) is 43.0 Å². The quantitative estimate of drug-likeness (QED) is 0.907. The van der Waals surface area contributed by atoms with E-state index in [1.165, 1.54) is 18.5 Å². The standard InChI is InChI=1S/C17H25N3O.ClH/c1-14-6-10-19(11-7-14)16-4-2-15(3-5-16)17(21)20-12-8-18-9-13-20;/h2-5,14,18H,6-13H2,1H3;1H. The van der Waals surface area contributed by atoms with Crippen molar-refractivity contribution in [2.24, 2.45) is 5.92 Å². The molecule has 0 aliphatic carbocycles. The van der Waals surface area contributed by atoms with Crippen LogP contribution >= 0.6 is 12.4 Å². The van der Waals surface area contributed by atoms with Gasteiger partial charge in [0.1, 0.15) is 0 Å². The fraction of sp³-hybridized carbons (Fsp3) is 0.588. The third kappa shape index (κ3) is 3.93. The van der Waals surface area contributed by atoms with Crippen molar-refractivity contribution in [2.45, 2.75) is 19.8 Å². The second-order valence-corrected chi connectivity index (χ2v) is 6.26. The Morgan fingerprint density at radius 2 is 1.64 bits per heavy atom. The van der Waals surface area contributed by atoms with E-state index in [-0.39, 0.29) is 18.3 Å². The van der Waals surface area contributed by atoms with E-state index >= 15 is 0 Å². The smallest absolute Gasteiger partial charge is 0.253 e. The Morgan fingerprint density at radius 1 is 1.05 bits per heavy atom. The van der Waals surface area contributed by atoms with E-state index in [0.717, 1.165) is 50.7 Å². The predicted octanol–water partition coefficient (Wildman–Crippen LogP) is 2.39. The molecule has 22 heavy (non-hydrogen) atoms. The number of piperazine rings is 1. The molecule has 0 unspecified atom stereocenters. The SMILES string of the molecule is CC1CCN(c2ccc(C(=O)N3CCNCC3)cc2)CC1.Cl. The number of piperidine rings is 1. The fourth-order valence-electron chi connectivity index (χ4n) is 3.13. The van der Waals surface area contributed by atoms with E-state index in [1.54, 1.807) is 0 Å². The summed E-state index contributed by atoms with van der Waals surface area (Å²) < 4.78 is 0. The Hall–Kier alpha value is -1.26. The van der Waals surface area contributed by atoms with Gasteiger partial charge in [-0.1, -0.05) is 6.92 Å². The molecule has 0 bridgehead atoms. The van der Waals surface area contributed by atoms with Crippen molar-refractivity contribution >= 4 is 24.0 Å². The van der Waals surface area contributed by atoms with E-state index < -0.39 is 0 Å². The molecule has 0 aromatic heterocycles. The molecule has 1 amide bonds. The number of hydrogen-bond acceptors (Lipinski definition) is 3. The van der Waals surface area contributed by atoms with Gasteiger partial charge in [-0.15, -0.1) is 12.4 Å². The number of carbonyl (C=O) groups excluding carboxylic acids is 1. The molecule has 2 aliphatic rings. The largest absolute Gasteiger partial charge is 0.372 e. The van der Waals surface area contributed by atoms with Crippen molar-refractivity contribution in [2.75, 3.05) is 44.2 Å². The Labute approximate surface area is 139 Å². The van der Waals surface area contributed by atoms with Crippen LogP contribution in [0.25, 0.3) is 0 Å². The maximum Gasteiger partial charge on any atom is 0.253 e. The minimum absolute atomic E-state index is 0. The summed E-state index contributed by atoms with van der Waals surface area (Å²) in [5.74, 6) is 1.00. The molecule has 2 fully saturated rings. The van der Waals surface area contributed by atoms with Crippen molar-refractivity contribution in [3.05, 3.63) is 29.8 Å². The molecular weight excluding hydrogens is 298 g/mol. The van der Waals surface area contributed by atoms with E-state index in [4.69, 9.17) is 0 Å². The first-order valence-electron chi connectivity index (χ1n) is 8.09. The second-order valence-electron chi connectivity index (χ2n) is 6.26. The molecule has 3 rings (SSSR count). The van der Waals surface area contributed by atoms with Crippen LogP contribution in [-0.2, 0) is 0 Å². The maximum atomic E-state index is 12.4. The molecule has 1 N–H and O–H groups in total. The maximum absolute atomic E-state index is 12.4.